The zero-order valence-corrected chi connectivity index (χ0v) is 19.0. The number of hydrogen-bond acceptors (Lipinski definition) is 4. The van der Waals surface area contributed by atoms with Gasteiger partial charge in [-0.2, -0.15) is 0 Å². The van der Waals surface area contributed by atoms with E-state index in [1.807, 2.05) is 52.8 Å². The zero-order chi connectivity index (χ0) is 22.4. The van der Waals surface area contributed by atoms with Gasteiger partial charge in [-0.15, -0.1) is 0 Å². The van der Waals surface area contributed by atoms with Gasteiger partial charge in [0, 0.05) is 17.6 Å². The Bertz CT molecular complexity index is 752. The molecule has 0 heterocycles. The van der Waals surface area contributed by atoms with Crippen LogP contribution in [0.4, 0.5) is 5.69 Å². The molecule has 1 fully saturated rings. The molecule has 0 saturated heterocycles. The van der Waals surface area contributed by atoms with E-state index in [1.165, 1.54) is 0 Å². The van der Waals surface area contributed by atoms with Crippen LogP contribution in [-0.4, -0.2) is 29.9 Å². The second-order valence-electron chi connectivity index (χ2n) is 9.25. The van der Waals surface area contributed by atoms with Crippen molar-refractivity contribution in [3.05, 3.63) is 29.3 Å². The monoisotopic (exact) mass is 416 g/mol. The van der Waals surface area contributed by atoms with Crippen LogP contribution < -0.4 is 10.6 Å². The number of ether oxygens (including phenoxy) is 1. The largest absolute Gasteiger partial charge is 0.455 e. The lowest BCUT2D eigenvalue weighted by Crippen LogP contribution is -2.44. The molecule has 1 aromatic rings. The molecule has 0 spiro atoms. The fourth-order valence-corrected chi connectivity index (χ4v) is 4.14. The quantitative estimate of drug-likeness (QED) is 0.623. The number of esters is 1. The Balaban J connectivity index is 2.01. The van der Waals surface area contributed by atoms with Crippen LogP contribution in [0.1, 0.15) is 77.8 Å². The molecule has 0 atom stereocenters. The molecule has 0 aromatic heterocycles. The van der Waals surface area contributed by atoms with Gasteiger partial charge in [-0.1, -0.05) is 44.9 Å². The lowest BCUT2D eigenvalue weighted by atomic mass is 9.82. The third-order valence-electron chi connectivity index (χ3n) is 5.60. The van der Waals surface area contributed by atoms with Crippen molar-refractivity contribution in [2.24, 2.45) is 5.41 Å². The van der Waals surface area contributed by atoms with Gasteiger partial charge in [0.1, 0.15) is 0 Å². The minimum absolute atomic E-state index is 0.101. The van der Waals surface area contributed by atoms with Crippen LogP contribution in [0.25, 0.3) is 0 Å². The molecule has 0 unspecified atom stereocenters. The van der Waals surface area contributed by atoms with E-state index in [9.17, 15) is 14.4 Å². The van der Waals surface area contributed by atoms with Gasteiger partial charge in [-0.25, -0.2) is 0 Å². The molecule has 0 radical (unpaired) electrons. The number of para-hydroxylation sites is 1. The molecule has 2 rings (SSSR count). The molecule has 1 aromatic carbocycles. The van der Waals surface area contributed by atoms with Crippen LogP contribution in [0.15, 0.2) is 18.2 Å². The average molecular weight is 417 g/mol. The van der Waals surface area contributed by atoms with Gasteiger partial charge in [0.25, 0.3) is 5.91 Å². The van der Waals surface area contributed by atoms with E-state index in [2.05, 4.69) is 10.6 Å². The van der Waals surface area contributed by atoms with Gasteiger partial charge in [0.2, 0.25) is 5.91 Å². The molecule has 1 aliphatic rings. The van der Waals surface area contributed by atoms with Crippen molar-refractivity contribution in [2.75, 3.05) is 11.9 Å². The number of benzene rings is 1. The minimum atomic E-state index is -0.828. The maximum absolute atomic E-state index is 12.9. The Labute approximate surface area is 180 Å². The molecule has 2 amide bonds. The highest BCUT2D eigenvalue weighted by Crippen LogP contribution is 2.42. The van der Waals surface area contributed by atoms with E-state index in [1.54, 1.807) is 0 Å². The second-order valence-corrected chi connectivity index (χ2v) is 9.25. The van der Waals surface area contributed by atoms with Gasteiger partial charge in [0.05, 0.1) is 5.41 Å². The molecule has 6 nitrogen and oxygen atoms in total. The van der Waals surface area contributed by atoms with E-state index in [0.717, 1.165) is 42.5 Å². The molecular weight excluding hydrogens is 380 g/mol. The van der Waals surface area contributed by atoms with Crippen LogP contribution >= 0.6 is 0 Å². The first-order chi connectivity index (χ1) is 14.1. The number of carbonyl (C=O) groups is 3. The summed E-state index contributed by atoms with van der Waals surface area (Å²) in [5.74, 6) is -0.958. The lowest BCUT2D eigenvalue weighted by Gasteiger charge is -2.28. The van der Waals surface area contributed by atoms with Crippen molar-refractivity contribution in [1.82, 2.24) is 5.32 Å². The molecule has 0 bridgehead atoms. The summed E-state index contributed by atoms with van der Waals surface area (Å²) in [6.07, 6.45) is 4.70. The zero-order valence-electron chi connectivity index (χ0n) is 19.0. The molecule has 30 heavy (non-hydrogen) atoms. The third kappa shape index (κ3) is 6.31. The van der Waals surface area contributed by atoms with Crippen LogP contribution in [0.2, 0.25) is 0 Å². The Morgan fingerprint density at radius 2 is 1.57 bits per heavy atom. The van der Waals surface area contributed by atoms with E-state index in [0.29, 0.717) is 12.8 Å². The second kappa shape index (κ2) is 10.1. The van der Waals surface area contributed by atoms with Crippen molar-refractivity contribution >= 4 is 23.5 Å². The van der Waals surface area contributed by atoms with Gasteiger partial charge in [-0.3, -0.25) is 14.4 Å². The first-order valence-corrected chi connectivity index (χ1v) is 11.0. The van der Waals surface area contributed by atoms with Gasteiger partial charge in [0.15, 0.2) is 6.61 Å². The van der Waals surface area contributed by atoms with E-state index < -0.39 is 11.4 Å². The predicted molar refractivity (Wildman–Crippen MR) is 118 cm³/mol. The van der Waals surface area contributed by atoms with Crippen LogP contribution in [-0.2, 0) is 32.0 Å². The summed E-state index contributed by atoms with van der Waals surface area (Å²) in [7, 11) is 0. The number of carbonyl (C=O) groups excluding carboxylic acids is 3. The third-order valence-corrected chi connectivity index (χ3v) is 5.60. The van der Waals surface area contributed by atoms with Crippen LogP contribution in [0, 0.1) is 5.41 Å². The smallest absolute Gasteiger partial charge is 0.313 e. The summed E-state index contributed by atoms with van der Waals surface area (Å²) >= 11 is 0. The van der Waals surface area contributed by atoms with Gasteiger partial charge in [-0.05, 0) is 57.6 Å². The summed E-state index contributed by atoms with van der Waals surface area (Å²) in [5, 5.41) is 5.84. The highest BCUT2D eigenvalue weighted by Gasteiger charge is 2.44. The first kappa shape index (κ1) is 23.9. The number of amides is 2. The lowest BCUT2D eigenvalue weighted by molar-refractivity contribution is -0.160. The molecule has 6 heteroatoms. The Morgan fingerprint density at radius 3 is 2.07 bits per heavy atom. The van der Waals surface area contributed by atoms with Crippen molar-refractivity contribution in [3.63, 3.8) is 0 Å². The molecule has 1 saturated carbocycles. The highest BCUT2D eigenvalue weighted by molar-refractivity contribution is 5.95. The maximum Gasteiger partial charge on any atom is 0.313 e. The van der Waals surface area contributed by atoms with Crippen LogP contribution in [0.5, 0.6) is 0 Å². The fourth-order valence-electron chi connectivity index (χ4n) is 4.14. The fraction of sp³-hybridized carbons (Fsp3) is 0.625. The number of hydrogen-bond donors (Lipinski definition) is 2. The summed E-state index contributed by atoms with van der Waals surface area (Å²) in [5.41, 5.74) is 1.74. The van der Waals surface area contributed by atoms with Crippen molar-refractivity contribution in [2.45, 2.75) is 85.1 Å². The van der Waals surface area contributed by atoms with Gasteiger partial charge < -0.3 is 15.4 Å². The summed E-state index contributed by atoms with van der Waals surface area (Å²) < 4.78 is 5.41. The average Bonchev–Trinajstić information content (AvgIpc) is 3.14. The predicted octanol–water partition coefficient (Wildman–Crippen LogP) is 4.16. The maximum atomic E-state index is 12.9. The number of anilines is 1. The van der Waals surface area contributed by atoms with Crippen LogP contribution in [0.3, 0.4) is 0 Å². The summed E-state index contributed by atoms with van der Waals surface area (Å²) in [4.78, 5) is 37.9. The van der Waals surface area contributed by atoms with Crippen molar-refractivity contribution < 1.29 is 19.1 Å². The van der Waals surface area contributed by atoms with Gasteiger partial charge >= 0.3 is 5.97 Å². The molecular formula is C24H36N2O4. The van der Waals surface area contributed by atoms with E-state index >= 15 is 0 Å². The number of nitrogens with one attached hydrogen (secondary N) is 2. The molecule has 1 aliphatic carbocycles. The normalized spacial score (nSPS) is 15.5. The summed E-state index contributed by atoms with van der Waals surface area (Å²) in [6, 6.07) is 5.96. The molecule has 2 N–H and O–H groups in total. The Hall–Kier alpha value is -2.37. The summed E-state index contributed by atoms with van der Waals surface area (Å²) in [6.45, 7) is 9.46. The SMILES string of the molecule is CCc1cccc(CC)c1NC(=O)COC(=O)C1(CC(=O)NC(C)(C)C)CCCC1. The highest BCUT2D eigenvalue weighted by atomic mass is 16.5. The number of rotatable bonds is 8. The van der Waals surface area contributed by atoms with Crippen molar-refractivity contribution in [1.29, 1.82) is 0 Å². The first-order valence-electron chi connectivity index (χ1n) is 11.0. The molecule has 166 valence electrons. The van der Waals surface area contributed by atoms with E-state index in [4.69, 9.17) is 4.74 Å². The Kier molecular flexibility index (Phi) is 8.04. The minimum Gasteiger partial charge on any atom is -0.455 e. The Morgan fingerprint density at radius 1 is 1.00 bits per heavy atom. The standard InChI is InChI=1S/C24H36N2O4/c1-6-17-11-10-12-18(7-2)21(17)25-20(28)16-30-22(29)24(13-8-9-14-24)15-19(27)26-23(3,4)5/h10-12H,6-9,13-16H2,1-5H3,(H,25,28)(H,26,27). The number of aryl methyl sites for hydroxylation is 2. The van der Waals surface area contributed by atoms with E-state index in [-0.39, 0.29) is 30.4 Å². The molecule has 0 aliphatic heterocycles. The van der Waals surface area contributed by atoms with Crippen molar-refractivity contribution in [3.8, 4) is 0 Å². The topological polar surface area (TPSA) is 84.5 Å².